The van der Waals surface area contributed by atoms with Crippen molar-refractivity contribution in [2.24, 2.45) is 0 Å². The largest absolute Gasteiger partial charge is 0.333 e. The molecule has 0 aliphatic heterocycles. The molecule has 5 rings (SSSR count). The molecule has 4 N–H and O–H groups in total. The van der Waals surface area contributed by atoms with Crippen molar-refractivity contribution in [3.63, 3.8) is 0 Å². The van der Waals surface area contributed by atoms with Crippen LogP contribution in [0.3, 0.4) is 0 Å². The number of amides is 4. The quantitative estimate of drug-likeness (QED) is 0.211. The molecule has 5 aromatic rings. The zero-order valence-electron chi connectivity index (χ0n) is 21.6. The number of benzene rings is 5. The first kappa shape index (κ1) is 27.6. The van der Waals surface area contributed by atoms with Crippen LogP contribution in [0.4, 0.5) is 21.0 Å². The summed E-state index contributed by atoms with van der Waals surface area (Å²) in [6.45, 7) is 1.67. The first-order chi connectivity index (χ1) is 19.5. The number of sulfonamides is 2. The van der Waals surface area contributed by atoms with E-state index in [1.165, 1.54) is 24.3 Å². The van der Waals surface area contributed by atoms with Gasteiger partial charge in [-0.1, -0.05) is 78.9 Å². The van der Waals surface area contributed by atoms with Crippen molar-refractivity contribution < 1.29 is 26.4 Å². The Bertz CT molecular complexity index is 2030. The molecule has 0 aliphatic carbocycles. The van der Waals surface area contributed by atoms with Crippen molar-refractivity contribution in [1.82, 2.24) is 9.44 Å². The fourth-order valence-electron chi connectivity index (χ4n) is 4.35. The second kappa shape index (κ2) is 10.9. The molecule has 0 atom stereocenters. The first-order valence-electron chi connectivity index (χ1n) is 12.3. The van der Waals surface area contributed by atoms with E-state index in [2.05, 4.69) is 10.6 Å². The lowest BCUT2D eigenvalue weighted by Gasteiger charge is -2.14. The second-order valence-electron chi connectivity index (χ2n) is 9.10. The molecule has 0 heterocycles. The van der Waals surface area contributed by atoms with Crippen molar-refractivity contribution in [3.05, 3.63) is 109 Å². The highest BCUT2D eigenvalue weighted by molar-refractivity contribution is 7.90. The number of carbonyl (C=O) groups excluding carboxylic acids is 2. The molecule has 0 fully saturated rings. The Labute approximate surface area is 236 Å². The number of hydrogen-bond acceptors (Lipinski definition) is 6. The lowest BCUT2D eigenvalue weighted by atomic mass is 10.1. The fourth-order valence-corrected chi connectivity index (χ4v) is 6.63. The zero-order chi connectivity index (χ0) is 29.2. The van der Waals surface area contributed by atoms with E-state index < -0.39 is 32.1 Å². The highest BCUT2D eigenvalue weighted by Crippen LogP contribution is 2.25. The van der Waals surface area contributed by atoms with E-state index in [4.69, 9.17) is 0 Å². The number of anilines is 2. The molecule has 0 bridgehead atoms. The molecule has 41 heavy (non-hydrogen) atoms. The van der Waals surface area contributed by atoms with Crippen LogP contribution in [-0.2, 0) is 20.0 Å². The van der Waals surface area contributed by atoms with Crippen LogP contribution in [0.5, 0.6) is 0 Å². The number of nitrogens with one attached hydrogen (secondary N) is 4. The molecular formula is C29H24N4O6S2. The van der Waals surface area contributed by atoms with Crippen LogP contribution < -0.4 is 20.1 Å². The molecule has 0 aromatic heterocycles. The van der Waals surface area contributed by atoms with Crippen LogP contribution in [0.1, 0.15) is 5.56 Å². The molecule has 0 spiro atoms. The van der Waals surface area contributed by atoms with Gasteiger partial charge in [-0.2, -0.15) is 0 Å². The van der Waals surface area contributed by atoms with E-state index in [9.17, 15) is 26.4 Å². The Morgan fingerprint density at radius 3 is 1.56 bits per heavy atom. The Kier molecular flexibility index (Phi) is 7.35. The van der Waals surface area contributed by atoms with Gasteiger partial charge < -0.3 is 10.6 Å². The van der Waals surface area contributed by atoms with Gasteiger partial charge in [0.2, 0.25) is 0 Å². The number of aryl methyl sites for hydroxylation is 1. The molecule has 0 saturated heterocycles. The summed E-state index contributed by atoms with van der Waals surface area (Å²) in [5, 5.41) is 7.22. The average molecular weight is 589 g/mol. The summed E-state index contributed by atoms with van der Waals surface area (Å²) in [7, 11) is -8.43. The van der Waals surface area contributed by atoms with Crippen molar-refractivity contribution in [2.45, 2.75) is 16.7 Å². The Morgan fingerprint density at radius 1 is 0.561 bits per heavy atom. The van der Waals surface area contributed by atoms with E-state index in [1.807, 2.05) is 9.44 Å². The van der Waals surface area contributed by atoms with Crippen LogP contribution in [0.15, 0.2) is 113 Å². The van der Waals surface area contributed by atoms with E-state index in [0.29, 0.717) is 27.1 Å². The third kappa shape index (κ3) is 5.98. The van der Waals surface area contributed by atoms with E-state index in [-0.39, 0.29) is 21.2 Å². The standard InChI is InChI=1S/C29H24N4O6S2/c1-19-16-17-22(30-28(34)32-40(36,37)26-14-6-10-20-8-2-4-12-23(20)26)18-25(19)31-29(35)33-41(38,39)27-15-7-11-21-9-3-5-13-24(21)27/h2-18H,1H3,(H2,30,32,34)(H2,31,33,35). The van der Waals surface area contributed by atoms with Gasteiger partial charge in [0.1, 0.15) is 0 Å². The third-order valence-electron chi connectivity index (χ3n) is 6.28. The Hall–Kier alpha value is -4.94. The number of urea groups is 2. The molecule has 10 nitrogen and oxygen atoms in total. The van der Waals surface area contributed by atoms with Gasteiger partial charge in [0.05, 0.1) is 9.79 Å². The number of rotatable bonds is 6. The summed E-state index contributed by atoms with van der Waals surface area (Å²) in [5.74, 6) is 0. The molecule has 208 valence electrons. The minimum absolute atomic E-state index is 0.0537. The normalized spacial score (nSPS) is 11.6. The van der Waals surface area contributed by atoms with Crippen molar-refractivity contribution in [1.29, 1.82) is 0 Å². The number of fused-ring (bicyclic) bond motifs is 2. The maximum absolute atomic E-state index is 13.0. The highest BCUT2D eigenvalue weighted by atomic mass is 32.2. The molecule has 0 unspecified atom stereocenters. The topological polar surface area (TPSA) is 151 Å². The van der Waals surface area contributed by atoms with Gasteiger partial charge in [-0.25, -0.2) is 35.9 Å². The predicted molar refractivity (Wildman–Crippen MR) is 158 cm³/mol. The third-order valence-corrected chi connectivity index (χ3v) is 9.05. The maximum Gasteiger partial charge on any atom is 0.333 e. The summed E-state index contributed by atoms with van der Waals surface area (Å²) in [5.41, 5.74) is 0.927. The fraction of sp³-hybridized carbons (Fsp3) is 0.0345. The first-order valence-corrected chi connectivity index (χ1v) is 15.2. The Balaban J connectivity index is 1.29. The SMILES string of the molecule is Cc1ccc(NC(=O)NS(=O)(=O)c2cccc3ccccc23)cc1NC(=O)NS(=O)(=O)c1cccc2ccccc12. The van der Waals surface area contributed by atoms with Gasteiger partial charge in [0.15, 0.2) is 0 Å². The molecule has 0 radical (unpaired) electrons. The summed E-state index contributed by atoms with van der Waals surface area (Å²) in [4.78, 5) is 25.2. The van der Waals surface area contributed by atoms with Gasteiger partial charge in [-0.3, -0.25) is 0 Å². The van der Waals surface area contributed by atoms with Crippen LogP contribution >= 0.6 is 0 Å². The minimum atomic E-state index is -4.22. The summed E-state index contributed by atoms with van der Waals surface area (Å²) < 4.78 is 55.9. The van der Waals surface area contributed by atoms with Gasteiger partial charge in [0, 0.05) is 22.1 Å². The smallest absolute Gasteiger partial charge is 0.307 e. The summed E-state index contributed by atoms with van der Waals surface area (Å²) >= 11 is 0. The molecule has 4 amide bonds. The van der Waals surface area contributed by atoms with Crippen molar-refractivity contribution in [2.75, 3.05) is 10.6 Å². The average Bonchev–Trinajstić information content (AvgIpc) is 2.93. The Morgan fingerprint density at radius 2 is 1.02 bits per heavy atom. The highest BCUT2D eigenvalue weighted by Gasteiger charge is 2.22. The predicted octanol–water partition coefficient (Wildman–Crippen LogP) is 5.32. The zero-order valence-corrected chi connectivity index (χ0v) is 23.2. The lowest BCUT2D eigenvalue weighted by molar-refractivity contribution is 0.255. The van der Waals surface area contributed by atoms with Gasteiger partial charge >= 0.3 is 12.1 Å². The lowest BCUT2D eigenvalue weighted by Crippen LogP contribution is -2.35. The van der Waals surface area contributed by atoms with E-state index in [0.717, 1.165) is 0 Å². The molecular weight excluding hydrogens is 564 g/mol. The summed E-state index contributed by atoms with van der Waals surface area (Å²) in [6, 6.07) is 25.7. The van der Waals surface area contributed by atoms with Crippen LogP contribution in [0, 0.1) is 6.92 Å². The maximum atomic E-state index is 13.0. The minimum Gasteiger partial charge on any atom is -0.307 e. The van der Waals surface area contributed by atoms with E-state index in [1.54, 1.807) is 85.8 Å². The molecule has 0 saturated carbocycles. The van der Waals surface area contributed by atoms with Crippen LogP contribution in [-0.4, -0.2) is 28.9 Å². The number of hydrogen-bond donors (Lipinski definition) is 4. The van der Waals surface area contributed by atoms with E-state index >= 15 is 0 Å². The number of carbonyl (C=O) groups is 2. The summed E-state index contributed by atoms with van der Waals surface area (Å²) in [6.07, 6.45) is 0. The monoisotopic (exact) mass is 588 g/mol. The van der Waals surface area contributed by atoms with Crippen LogP contribution in [0.25, 0.3) is 21.5 Å². The van der Waals surface area contributed by atoms with Gasteiger partial charge in [0.25, 0.3) is 20.0 Å². The van der Waals surface area contributed by atoms with Crippen LogP contribution in [0.2, 0.25) is 0 Å². The van der Waals surface area contributed by atoms with Crippen molar-refractivity contribution in [3.8, 4) is 0 Å². The second-order valence-corrected chi connectivity index (χ2v) is 12.4. The molecule has 5 aromatic carbocycles. The van der Waals surface area contributed by atoms with Gasteiger partial charge in [-0.05, 0) is 47.5 Å². The van der Waals surface area contributed by atoms with Gasteiger partial charge in [-0.15, -0.1) is 0 Å². The molecule has 12 heteroatoms. The van der Waals surface area contributed by atoms with Crippen molar-refractivity contribution >= 4 is 65.0 Å². The molecule has 0 aliphatic rings.